The van der Waals surface area contributed by atoms with Crippen molar-refractivity contribution in [2.24, 2.45) is 5.10 Å². The van der Waals surface area contributed by atoms with Crippen molar-refractivity contribution in [3.8, 4) is 11.5 Å². The number of halogens is 1. The minimum Gasteiger partial charge on any atom is -0.497 e. The molecule has 5 rings (SSSR count). The molecule has 0 fully saturated rings. The second kappa shape index (κ2) is 6.35. The number of nitrogens with zero attached hydrogens (tertiary/aromatic N) is 2. The molecular formula is C21H17ClN2O3. The van der Waals surface area contributed by atoms with Crippen molar-refractivity contribution >= 4 is 17.3 Å². The van der Waals surface area contributed by atoms with Gasteiger partial charge in [-0.3, -0.25) is 0 Å². The second-order valence-electron chi connectivity index (χ2n) is 6.55. The lowest BCUT2D eigenvalue weighted by Gasteiger charge is -2.38. The van der Waals surface area contributed by atoms with Gasteiger partial charge in [-0.25, -0.2) is 5.01 Å². The zero-order valence-electron chi connectivity index (χ0n) is 14.6. The van der Waals surface area contributed by atoms with Gasteiger partial charge in [0.15, 0.2) is 0 Å². The highest BCUT2D eigenvalue weighted by molar-refractivity contribution is 6.30. The molecule has 2 atom stereocenters. The molecule has 2 aliphatic heterocycles. The number of benzene rings is 2. The van der Waals surface area contributed by atoms with Gasteiger partial charge >= 0.3 is 0 Å². The predicted octanol–water partition coefficient (Wildman–Crippen LogP) is 5.18. The Labute approximate surface area is 161 Å². The molecule has 3 heterocycles. The summed E-state index contributed by atoms with van der Waals surface area (Å²) in [6.07, 6.45) is 2.07. The monoisotopic (exact) mass is 380 g/mol. The molecule has 5 nitrogen and oxygen atoms in total. The first-order chi connectivity index (χ1) is 13.2. The summed E-state index contributed by atoms with van der Waals surface area (Å²) in [6, 6.07) is 17.4. The topological polar surface area (TPSA) is 47.2 Å². The summed E-state index contributed by atoms with van der Waals surface area (Å²) >= 11 is 6.25. The van der Waals surface area contributed by atoms with E-state index in [1.54, 1.807) is 13.4 Å². The second-order valence-corrected chi connectivity index (χ2v) is 6.99. The van der Waals surface area contributed by atoms with Gasteiger partial charge in [0.05, 0.1) is 19.4 Å². The third-order valence-electron chi connectivity index (χ3n) is 4.96. The minimum atomic E-state index is -0.331. The average molecular weight is 381 g/mol. The van der Waals surface area contributed by atoms with Crippen LogP contribution in [0.4, 0.5) is 0 Å². The Morgan fingerprint density at radius 2 is 2.00 bits per heavy atom. The molecule has 2 aromatic carbocycles. The number of ether oxygens (including phenoxy) is 2. The van der Waals surface area contributed by atoms with E-state index >= 15 is 0 Å². The first kappa shape index (κ1) is 16.3. The molecule has 2 aliphatic rings. The fourth-order valence-electron chi connectivity index (χ4n) is 3.64. The largest absolute Gasteiger partial charge is 0.497 e. The van der Waals surface area contributed by atoms with Crippen molar-refractivity contribution in [3.05, 3.63) is 82.8 Å². The summed E-state index contributed by atoms with van der Waals surface area (Å²) < 4.78 is 17.1. The lowest BCUT2D eigenvalue weighted by atomic mass is 9.97. The smallest absolute Gasteiger partial charge is 0.213 e. The van der Waals surface area contributed by atoms with Crippen molar-refractivity contribution in [1.82, 2.24) is 5.01 Å². The Kier molecular flexibility index (Phi) is 3.83. The molecular weight excluding hydrogens is 364 g/mol. The zero-order chi connectivity index (χ0) is 18.4. The standard InChI is InChI=1S/C21H17ClN2O3/c1-25-15-7-4-13(5-8-15)21-24-18(12-17(23-24)20-3-2-10-26-20)16-11-14(22)6-9-19(16)27-21/h2-11,18,21H,12H2,1H3/t18-,21+/m0/s1. The van der Waals surface area contributed by atoms with Gasteiger partial charge in [-0.1, -0.05) is 11.6 Å². The predicted molar refractivity (Wildman–Crippen MR) is 102 cm³/mol. The molecule has 136 valence electrons. The average Bonchev–Trinajstić information content (AvgIpc) is 3.37. The molecule has 3 aromatic rings. The number of hydrogen-bond acceptors (Lipinski definition) is 5. The van der Waals surface area contributed by atoms with E-state index in [1.807, 2.05) is 59.6 Å². The van der Waals surface area contributed by atoms with Crippen molar-refractivity contribution in [2.75, 3.05) is 7.11 Å². The number of hydrogen-bond donors (Lipinski definition) is 0. The maximum atomic E-state index is 6.31. The lowest BCUT2D eigenvalue weighted by molar-refractivity contribution is -0.0190. The van der Waals surface area contributed by atoms with Crippen LogP contribution in [-0.4, -0.2) is 17.8 Å². The van der Waals surface area contributed by atoms with Gasteiger partial charge in [-0.05, 0) is 54.6 Å². The molecule has 0 bridgehead atoms. The number of methoxy groups -OCH3 is 1. The zero-order valence-corrected chi connectivity index (χ0v) is 15.4. The Morgan fingerprint density at radius 1 is 1.15 bits per heavy atom. The maximum Gasteiger partial charge on any atom is 0.213 e. The normalized spacial score (nSPS) is 20.5. The van der Waals surface area contributed by atoms with Crippen molar-refractivity contribution in [1.29, 1.82) is 0 Å². The van der Waals surface area contributed by atoms with E-state index in [1.165, 1.54) is 0 Å². The summed E-state index contributed by atoms with van der Waals surface area (Å²) in [6.45, 7) is 0. The summed E-state index contributed by atoms with van der Waals surface area (Å²) in [4.78, 5) is 0. The van der Waals surface area contributed by atoms with E-state index in [9.17, 15) is 0 Å². The van der Waals surface area contributed by atoms with E-state index in [0.717, 1.165) is 40.5 Å². The van der Waals surface area contributed by atoms with E-state index < -0.39 is 0 Å². The molecule has 1 aromatic heterocycles. The number of rotatable bonds is 3. The van der Waals surface area contributed by atoms with Crippen LogP contribution in [0.5, 0.6) is 11.5 Å². The Balaban J connectivity index is 1.59. The van der Waals surface area contributed by atoms with Crippen LogP contribution in [-0.2, 0) is 0 Å². The summed E-state index contributed by atoms with van der Waals surface area (Å²) in [5.41, 5.74) is 2.95. The highest BCUT2D eigenvalue weighted by Crippen LogP contribution is 2.48. The Morgan fingerprint density at radius 3 is 2.74 bits per heavy atom. The van der Waals surface area contributed by atoms with Crippen LogP contribution in [0, 0.1) is 0 Å². The van der Waals surface area contributed by atoms with Crippen LogP contribution in [0.2, 0.25) is 5.02 Å². The van der Waals surface area contributed by atoms with Crippen LogP contribution in [0.1, 0.15) is 35.6 Å². The van der Waals surface area contributed by atoms with Crippen LogP contribution in [0.3, 0.4) is 0 Å². The molecule has 0 spiro atoms. The first-order valence-electron chi connectivity index (χ1n) is 8.72. The molecule has 6 heteroatoms. The molecule has 0 radical (unpaired) electrons. The molecule has 0 N–H and O–H groups in total. The van der Waals surface area contributed by atoms with Crippen molar-refractivity contribution in [3.63, 3.8) is 0 Å². The summed E-state index contributed by atoms with van der Waals surface area (Å²) in [5.74, 6) is 2.42. The SMILES string of the molecule is COc1ccc([C@H]2Oc3ccc(Cl)cc3[C@@H]3CC(c4ccco4)=NN23)cc1. The van der Waals surface area contributed by atoms with E-state index in [4.69, 9.17) is 30.6 Å². The molecule has 0 aliphatic carbocycles. The summed E-state index contributed by atoms with van der Waals surface area (Å²) in [7, 11) is 1.66. The van der Waals surface area contributed by atoms with Crippen LogP contribution < -0.4 is 9.47 Å². The Hall–Kier alpha value is -2.92. The van der Waals surface area contributed by atoms with Gasteiger partial charge in [-0.15, -0.1) is 0 Å². The van der Waals surface area contributed by atoms with Gasteiger partial charge < -0.3 is 13.9 Å². The van der Waals surface area contributed by atoms with Gasteiger partial charge in [0.2, 0.25) is 6.23 Å². The minimum absolute atomic E-state index is 0.0413. The highest BCUT2D eigenvalue weighted by atomic mass is 35.5. The third-order valence-corrected chi connectivity index (χ3v) is 5.19. The van der Waals surface area contributed by atoms with Crippen molar-refractivity contribution in [2.45, 2.75) is 18.7 Å². The van der Waals surface area contributed by atoms with Crippen molar-refractivity contribution < 1.29 is 13.9 Å². The van der Waals surface area contributed by atoms with Crippen LogP contribution in [0.25, 0.3) is 0 Å². The van der Waals surface area contributed by atoms with Gasteiger partial charge in [0, 0.05) is 22.6 Å². The Bertz CT molecular complexity index is 999. The third kappa shape index (κ3) is 2.75. The molecule has 0 saturated carbocycles. The first-order valence-corrected chi connectivity index (χ1v) is 9.10. The summed E-state index contributed by atoms with van der Waals surface area (Å²) in [5, 5.41) is 7.52. The fraction of sp³-hybridized carbons (Fsp3) is 0.190. The van der Waals surface area contributed by atoms with E-state index in [2.05, 4.69) is 0 Å². The molecule has 0 saturated heterocycles. The van der Waals surface area contributed by atoms with Gasteiger partial charge in [0.1, 0.15) is 23.0 Å². The maximum absolute atomic E-state index is 6.31. The van der Waals surface area contributed by atoms with Gasteiger partial charge in [0.25, 0.3) is 0 Å². The molecule has 27 heavy (non-hydrogen) atoms. The number of fused-ring (bicyclic) bond motifs is 3. The van der Waals surface area contributed by atoms with Crippen LogP contribution >= 0.6 is 11.6 Å². The lowest BCUT2D eigenvalue weighted by Crippen LogP contribution is -2.33. The van der Waals surface area contributed by atoms with Gasteiger partial charge in [-0.2, -0.15) is 5.10 Å². The molecule has 0 amide bonds. The van der Waals surface area contributed by atoms with E-state index in [0.29, 0.717) is 5.02 Å². The van der Waals surface area contributed by atoms with E-state index in [-0.39, 0.29) is 12.3 Å². The quantitative estimate of drug-likeness (QED) is 0.627. The molecule has 0 unspecified atom stereocenters. The number of furan rings is 1. The number of hydrazone groups is 1. The highest BCUT2D eigenvalue weighted by Gasteiger charge is 2.41. The van der Waals surface area contributed by atoms with Crippen LogP contribution in [0.15, 0.2) is 70.4 Å². The fourth-order valence-corrected chi connectivity index (χ4v) is 3.82.